The van der Waals surface area contributed by atoms with Crippen LogP contribution >= 0.6 is 0 Å². The maximum absolute atomic E-state index is 12.5. The molecular formula is C11H16F3N3O. The van der Waals surface area contributed by atoms with E-state index in [1.54, 1.807) is 7.05 Å². The van der Waals surface area contributed by atoms with Gasteiger partial charge in [0.15, 0.2) is 5.82 Å². The van der Waals surface area contributed by atoms with Crippen molar-refractivity contribution < 1.29 is 17.7 Å². The largest absolute Gasteiger partial charge is 0.391 e. The van der Waals surface area contributed by atoms with Crippen LogP contribution in [0.15, 0.2) is 4.52 Å². The van der Waals surface area contributed by atoms with E-state index < -0.39 is 12.1 Å². The molecule has 0 atom stereocenters. The van der Waals surface area contributed by atoms with Crippen LogP contribution in [0.4, 0.5) is 13.2 Å². The van der Waals surface area contributed by atoms with Gasteiger partial charge in [0.05, 0.1) is 12.5 Å². The molecule has 0 aliphatic heterocycles. The van der Waals surface area contributed by atoms with E-state index in [1.807, 2.05) is 0 Å². The summed E-state index contributed by atoms with van der Waals surface area (Å²) < 4.78 is 42.6. The Morgan fingerprint density at radius 1 is 1.28 bits per heavy atom. The van der Waals surface area contributed by atoms with E-state index >= 15 is 0 Å². The summed E-state index contributed by atoms with van der Waals surface area (Å²) in [6.07, 6.45) is -2.84. The Labute approximate surface area is 103 Å². The molecule has 1 aliphatic rings. The first kappa shape index (κ1) is 13.3. The monoisotopic (exact) mass is 263 g/mol. The predicted molar refractivity (Wildman–Crippen MR) is 57.8 cm³/mol. The predicted octanol–water partition coefficient (Wildman–Crippen LogP) is 2.63. The minimum atomic E-state index is -4.07. The van der Waals surface area contributed by atoms with Gasteiger partial charge in [-0.05, 0) is 32.7 Å². The second-order valence-electron chi connectivity index (χ2n) is 4.67. The van der Waals surface area contributed by atoms with Gasteiger partial charge in [-0.25, -0.2) is 0 Å². The van der Waals surface area contributed by atoms with Gasteiger partial charge in [-0.1, -0.05) is 5.16 Å². The van der Waals surface area contributed by atoms with Gasteiger partial charge >= 0.3 is 6.18 Å². The van der Waals surface area contributed by atoms with Gasteiger partial charge in [-0.2, -0.15) is 18.2 Å². The molecule has 0 spiro atoms. The van der Waals surface area contributed by atoms with E-state index in [4.69, 9.17) is 4.52 Å². The lowest BCUT2D eigenvalue weighted by atomic mass is 9.81. The van der Waals surface area contributed by atoms with Crippen molar-refractivity contribution in [2.45, 2.75) is 44.3 Å². The summed E-state index contributed by atoms with van der Waals surface area (Å²) in [5.41, 5.74) is 0. The van der Waals surface area contributed by atoms with Crippen LogP contribution in [-0.4, -0.2) is 23.4 Å². The lowest BCUT2D eigenvalue weighted by Gasteiger charge is -2.27. The molecule has 2 rings (SSSR count). The third-order valence-electron chi connectivity index (χ3n) is 3.36. The van der Waals surface area contributed by atoms with Gasteiger partial charge in [0.2, 0.25) is 5.89 Å². The third-order valence-corrected chi connectivity index (χ3v) is 3.36. The normalized spacial score (nSPS) is 25.3. The van der Waals surface area contributed by atoms with Crippen molar-refractivity contribution in [1.29, 1.82) is 0 Å². The molecule has 0 amide bonds. The summed E-state index contributed by atoms with van der Waals surface area (Å²) in [6, 6.07) is 0. The highest BCUT2D eigenvalue weighted by Crippen LogP contribution is 2.42. The minimum absolute atomic E-state index is 0.0262. The van der Waals surface area contributed by atoms with Gasteiger partial charge in [0, 0.05) is 5.92 Å². The molecule has 0 bridgehead atoms. The standard InChI is InChI=1S/C11H16F3N3O/c1-15-6-9-16-10(18-17-9)7-2-4-8(5-3-7)11(12,13)14/h7-8,15H,2-6H2,1H3. The van der Waals surface area contributed by atoms with Crippen LogP contribution in [-0.2, 0) is 6.54 Å². The zero-order valence-corrected chi connectivity index (χ0v) is 10.1. The fourth-order valence-electron chi connectivity index (χ4n) is 2.33. The van der Waals surface area contributed by atoms with Gasteiger partial charge in [-0.3, -0.25) is 0 Å². The summed E-state index contributed by atoms with van der Waals surface area (Å²) in [7, 11) is 1.77. The molecule has 0 unspecified atom stereocenters. The van der Waals surface area contributed by atoms with Crippen molar-refractivity contribution in [3.05, 3.63) is 11.7 Å². The lowest BCUT2D eigenvalue weighted by Crippen LogP contribution is -2.27. The molecule has 1 aliphatic carbocycles. The molecule has 1 saturated carbocycles. The second kappa shape index (κ2) is 5.26. The second-order valence-corrected chi connectivity index (χ2v) is 4.67. The highest BCUT2D eigenvalue weighted by Gasteiger charge is 2.42. The molecule has 1 aromatic rings. The van der Waals surface area contributed by atoms with E-state index in [9.17, 15) is 13.2 Å². The van der Waals surface area contributed by atoms with Gasteiger partial charge < -0.3 is 9.84 Å². The number of rotatable bonds is 3. The highest BCUT2D eigenvalue weighted by molar-refractivity contribution is 4.96. The quantitative estimate of drug-likeness (QED) is 0.910. The summed E-state index contributed by atoms with van der Waals surface area (Å²) in [5.74, 6) is -0.179. The van der Waals surface area contributed by atoms with Crippen molar-refractivity contribution in [2.75, 3.05) is 7.05 Å². The van der Waals surface area contributed by atoms with Gasteiger partial charge in [0.25, 0.3) is 0 Å². The molecule has 1 aromatic heterocycles. The summed E-state index contributed by atoms with van der Waals surface area (Å²) in [5, 5.41) is 6.67. The molecule has 1 fully saturated rings. The molecule has 0 aromatic carbocycles. The Morgan fingerprint density at radius 3 is 2.50 bits per heavy atom. The fourth-order valence-corrected chi connectivity index (χ4v) is 2.33. The van der Waals surface area contributed by atoms with Crippen molar-refractivity contribution in [3.63, 3.8) is 0 Å². The molecule has 7 heteroatoms. The zero-order valence-electron chi connectivity index (χ0n) is 10.1. The zero-order chi connectivity index (χ0) is 13.2. The van der Waals surface area contributed by atoms with Crippen LogP contribution in [0.3, 0.4) is 0 Å². The first-order chi connectivity index (χ1) is 8.50. The Hall–Kier alpha value is -1.11. The van der Waals surface area contributed by atoms with Crippen molar-refractivity contribution >= 4 is 0 Å². The Bertz CT molecular complexity index is 383. The lowest BCUT2D eigenvalue weighted by molar-refractivity contribution is -0.182. The fraction of sp³-hybridized carbons (Fsp3) is 0.818. The molecule has 18 heavy (non-hydrogen) atoms. The average molecular weight is 263 g/mol. The SMILES string of the molecule is CNCc1noc(C2CCC(C(F)(F)F)CC2)n1. The van der Waals surface area contributed by atoms with Crippen molar-refractivity contribution in [1.82, 2.24) is 15.5 Å². The summed E-state index contributed by atoms with van der Waals surface area (Å²) >= 11 is 0. The van der Waals surface area contributed by atoms with Crippen LogP contribution in [0.1, 0.15) is 43.3 Å². The molecule has 4 nitrogen and oxygen atoms in total. The minimum Gasteiger partial charge on any atom is -0.339 e. The number of hydrogen-bond acceptors (Lipinski definition) is 4. The maximum Gasteiger partial charge on any atom is 0.391 e. The number of halogens is 3. The highest BCUT2D eigenvalue weighted by atomic mass is 19.4. The first-order valence-electron chi connectivity index (χ1n) is 6.04. The smallest absolute Gasteiger partial charge is 0.339 e. The Kier molecular flexibility index (Phi) is 3.89. The Balaban J connectivity index is 1.92. The number of nitrogens with zero attached hydrogens (tertiary/aromatic N) is 2. The third kappa shape index (κ3) is 3.01. The molecule has 0 saturated heterocycles. The van der Waals surface area contributed by atoms with Gasteiger partial charge in [0.1, 0.15) is 0 Å². The molecular weight excluding hydrogens is 247 g/mol. The van der Waals surface area contributed by atoms with Crippen LogP contribution in [0, 0.1) is 5.92 Å². The van der Waals surface area contributed by atoms with E-state index in [1.165, 1.54) is 0 Å². The number of alkyl halides is 3. The number of nitrogens with one attached hydrogen (secondary N) is 1. The Morgan fingerprint density at radius 2 is 1.94 bits per heavy atom. The van der Waals surface area contributed by atoms with Crippen LogP contribution in [0.2, 0.25) is 0 Å². The molecule has 1 N–H and O–H groups in total. The first-order valence-corrected chi connectivity index (χ1v) is 6.04. The van der Waals surface area contributed by atoms with E-state index in [0.717, 1.165) is 0 Å². The van der Waals surface area contributed by atoms with Crippen LogP contribution in [0.5, 0.6) is 0 Å². The molecule has 1 heterocycles. The number of aromatic nitrogens is 2. The molecule has 102 valence electrons. The number of hydrogen-bond donors (Lipinski definition) is 1. The van der Waals surface area contributed by atoms with Crippen LogP contribution < -0.4 is 5.32 Å². The summed E-state index contributed by atoms with van der Waals surface area (Å²) in [4.78, 5) is 4.19. The van der Waals surface area contributed by atoms with E-state index in [0.29, 0.717) is 31.1 Å². The van der Waals surface area contributed by atoms with E-state index in [-0.39, 0.29) is 18.8 Å². The topological polar surface area (TPSA) is 51.0 Å². The summed E-state index contributed by atoms with van der Waals surface area (Å²) in [6.45, 7) is 0.501. The van der Waals surface area contributed by atoms with Crippen LogP contribution in [0.25, 0.3) is 0 Å². The average Bonchev–Trinajstić information content (AvgIpc) is 2.77. The maximum atomic E-state index is 12.5. The van der Waals surface area contributed by atoms with E-state index in [2.05, 4.69) is 15.5 Å². The van der Waals surface area contributed by atoms with Gasteiger partial charge in [-0.15, -0.1) is 0 Å². The van der Waals surface area contributed by atoms with Crippen molar-refractivity contribution in [3.8, 4) is 0 Å². The molecule has 0 radical (unpaired) electrons. The van der Waals surface area contributed by atoms with Crippen molar-refractivity contribution in [2.24, 2.45) is 5.92 Å².